The first-order valence-electron chi connectivity index (χ1n) is 5.16. The lowest BCUT2D eigenvalue weighted by molar-refractivity contribution is 0.000206. The summed E-state index contributed by atoms with van der Waals surface area (Å²) in [4.78, 5) is 0. The van der Waals surface area contributed by atoms with E-state index in [2.05, 4.69) is 5.32 Å². The Morgan fingerprint density at radius 1 is 1.56 bits per heavy atom. The lowest BCUT2D eigenvalue weighted by Gasteiger charge is -2.23. The Morgan fingerprint density at radius 2 is 2.44 bits per heavy atom. The van der Waals surface area contributed by atoms with Gasteiger partial charge in [0.2, 0.25) is 0 Å². The molecule has 0 radical (unpaired) electrons. The maximum atomic E-state index is 12.8. The summed E-state index contributed by atoms with van der Waals surface area (Å²) in [6, 6.07) is 4.08. The second-order valence-electron chi connectivity index (χ2n) is 3.58. The van der Waals surface area contributed by atoms with E-state index < -0.39 is 0 Å². The zero-order valence-corrected chi connectivity index (χ0v) is 9.47. The predicted molar refractivity (Wildman–Crippen MR) is 59.5 cm³/mol. The average molecular weight is 246 g/mol. The van der Waals surface area contributed by atoms with Gasteiger partial charge in [0, 0.05) is 13.1 Å². The summed E-state index contributed by atoms with van der Waals surface area (Å²) in [6.07, 6.45) is 0.0230. The zero-order valence-electron chi connectivity index (χ0n) is 8.71. The highest BCUT2D eigenvalue weighted by atomic mass is 35.5. The van der Waals surface area contributed by atoms with Crippen LogP contribution in [-0.4, -0.2) is 32.4 Å². The van der Waals surface area contributed by atoms with E-state index in [1.807, 2.05) is 0 Å². The number of rotatable bonds is 3. The molecule has 1 aliphatic heterocycles. The first kappa shape index (κ1) is 11.6. The number of hydrogen-bond acceptors (Lipinski definition) is 3. The van der Waals surface area contributed by atoms with E-state index in [1.165, 1.54) is 18.2 Å². The van der Waals surface area contributed by atoms with E-state index in [9.17, 15) is 4.39 Å². The Bertz CT molecular complexity index is 356. The van der Waals surface area contributed by atoms with Crippen LogP contribution >= 0.6 is 11.6 Å². The van der Waals surface area contributed by atoms with E-state index in [0.717, 1.165) is 13.1 Å². The van der Waals surface area contributed by atoms with Crippen molar-refractivity contribution in [1.29, 1.82) is 0 Å². The summed E-state index contributed by atoms with van der Waals surface area (Å²) in [7, 11) is 0. The van der Waals surface area contributed by atoms with Gasteiger partial charge in [-0.1, -0.05) is 11.6 Å². The number of benzene rings is 1. The van der Waals surface area contributed by atoms with Crippen molar-refractivity contribution < 1.29 is 13.9 Å². The molecule has 1 N–H and O–H groups in total. The van der Waals surface area contributed by atoms with Crippen molar-refractivity contribution in [1.82, 2.24) is 5.32 Å². The van der Waals surface area contributed by atoms with Crippen molar-refractivity contribution >= 4 is 11.6 Å². The highest BCUT2D eigenvalue weighted by Gasteiger charge is 2.14. The largest absolute Gasteiger partial charge is 0.489 e. The molecule has 3 nitrogen and oxygen atoms in total. The van der Waals surface area contributed by atoms with Gasteiger partial charge in [-0.05, 0) is 18.2 Å². The van der Waals surface area contributed by atoms with Crippen LogP contribution in [-0.2, 0) is 4.74 Å². The van der Waals surface area contributed by atoms with Gasteiger partial charge in [-0.15, -0.1) is 0 Å². The van der Waals surface area contributed by atoms with Gasteiger partial charge in [0.1, 0.15) is 24.3 Å². The Balaban J connectivity index is 1.88. The zero-order chi connectivity index (χ0) is 11.4. The molecule has 5 heteroatoms. The number of halogens is 2. The Hall–Kier alpha value is -0.840. The molecule has 1 fully saturated rings. The second-order valence-corrected chi connectivity index (χ2v) is 3.99. The number of morpholine rings is 1. The lowest BCUT2D eigenvalue weighted by atomic mass is 10.3. The van der Waals surface area contributed by atoms with Crippen LogP contribution in [0.5, 0.6) is 5.75 Å². The molecule has 0 saturated carbocycles. The average Bonchev–Trinajstić information content (AvgIpc) is 2.29. The number of hydrogen-bond donors (Lipinski definition) is 1. The minimum atomic E-state index is -0.368. The van der Waals surface area contributed by atoms with Crippen LogP contribution in [0.15, 0.2) is 18.2 Å². The van der Waals surface area contributed by atoms with E-state index >= 15 is 0 Å². The third-order valence-electron chi connectivity index (χ3n) is 2.32. The molecule has 1 saturated heterocycles. The molecule has 1 aromatic rings. The van der Waals surface area contributed by atoms with Crippen molar-refractivity contribution in [2.45, 2.75) is 6.10 Å². The summed E-state index contributed by atoms with van der Waals surface area (Å²) in [5, 5.41) is 3.48. The highest BCUT2D eigenvalue weighted by molar-refractivity contribution is 6.32. The molecule has 0 aliphatic carbocycles. The van der Waals surface area contributed by atoms with Crippen LogP contribution in [0.2, 0.25) is 5.02 Å². The normalized spacial score (nSPS) is 20.8. The van der Waals surface area contributed by atoms with Crippen LogP contribution in [0.3, 0.4) is 0 Å². The first-order chi connectivity index (χ1) is 7.75. The van der Waals surface area contributed by atoms with Gasteiger partial charge in [0.25, 0.3) is 0 Å². The summed E-state index contributed by atoms with van der Waals surface area (Å²) in [5.74, 6) is 0.116. The summed E-state index contributed by atoms with van der Waals surface area (Å²) < 4.78 is 23.7. The number of ether oxygens (including phenoxy) is 2. The third-order valence-corrected chi connectivity index (χ3v) is 2.62. The van der Waals surface area contributed by atoms with Crippen LogP contribution < -0.4 is 10.1 Å². The molecular formula is C11H13ClFNO2. The summed E-state index contributed by atoms with van der Waals surface area (Å²) >= 11 is 5.83. The minimum absolute atomic E-state index is 0.0230. The smallest absolute Gasteiger partial charge is 0.138 e. The Kier molecular flexibility index (Phi) is 3.98. The predicted octanol–water partition coefficient (Wildman–Crippen LogP) is 1.85. The molecule has 2 rings (SSSR count). The molecule has 0 unspecified atom stereocenters. The van der Waals surface area contributed by atoms with Gasteiger partial charge < -0.3 is 14.8 Å². The van der Waals surface area contributed by atoms with Gasteiger partial charge in [-0.3, -0.25) is 0 Å². The second kappa shape index (κ2) is 5.48. The van der Waals surface area contributed by atoms with Crippen molar-refractivity contribution in [2.24, 2.45) is 0 Å². The molecule has 1 aromatic carbocycles. The monoisotopic (exact) mass is 245 g/mol. The maximum absolute atomic E-state index is 12.8. The summed E-state index contributed by atoms with van der Waals surface area (Å²) in [5.41, 5.74) is 0. The molecule has 1 aliphatic rings. The van der Waals surface area contributed by atoms with E-state index in [0.29, 0.717) is 19.0 Å². The van der Waals surface area contributed by atoms with Crippen molar-refractivity contribution in [3.05, 3.63) is 29.0 Å². The van der Waals surface area contributed by atoms with Gasteiger partial charge in [-0.2, -0.15) is 0 Å². The molecule has 1 heterocycles. The van der Waals surface area contributed by atoms with Gasteiger partial charge in [0.05, 0.1) is 11.6 Å². The molecule has 0 aromatic heterocycles. The van der Waals surface area contributed by atoms with Crippen molar-refractivity contribution in [2.75, 3.05) is 26.3 Å². The van der Waals surface area contributed by atoms with E-state index in [1.54, 1.807) is 0 Å². The lowest BCUT2D eigenvalue weighted by Crippen LogP contribution is -2.41. The summed E-state index contributed by atoms with van der Waals surface area (Å²) in [6.45, 7) is 2.73. The minimum Gasteiger partial charge on any atom is -0.489 e. The maximum Gasteiger partial charge on any atom is 0.138 e. The fourth-order valence-corrected chi connectivity index (χ4v) is 1.72. The van der Waals surface area contributed by atoms with Crippen molar-refractivity contribution in [3.63, 3.8) is 0 Å². The molecule has 88 valence electrons. The molecule has 16 heavy (non-hydrogen) atoms. The Morgan fingerprint density at radius 3 is 3.12 bits per heavy atom. The van der Waals surface area contributed by atoms with Gasteiger partial charge >= 0.3 is 0 Å². The van der Waals surface area contributed by atoms with Crippen LogP contribution in [0.25, 0.3) is 0 Å². The molecular weight excluding hydrogens is 233 g/mol. The van der Waals surface area contributed by atoms with Crippen molar-refractivity contribution in [3.8, 4) is 5.75 Å². The van der Waals surface area contributed by atoms with E-state index in [4.69, 9.17) is 21.1 Å². The van der Waals surface area contributed by atoms with Crippen LogP contribution in [0.4, 0.5) is 4.39 Å². The Labute approximate surface area is 98.5 Å². The third kappa shape index (κ3) is 3.07. The SMILES string of the molecule is Fc1ccc(OC[C@H]2CNCCO2)c(Cl)c1. The van der Waals surface area contributed by atoms with Gasteiger partial charge in [0.15, 0.2) is 0 Å². The topological polar surface area (TPSA) is 30.5 Å². The first-order valence-corrected chi connectivity index (χ1v) is 5.53. The highest BCUT2D eigenvalue weighted by Crippen LogP contribution is 2.25. The standard InChI is InChI=1S/C11H13ClFNO2/c12-10-5-8(13)1-2-11(10)16-7-9-6-14-3-4-15-9/h1-2,5,9,14H,3-4,6-7H2/t9-/m1/s1. The molecule has 0 amide bonds. The van der Waals surface area contributed by atoms with E-state index in [-0.39, 0.29) is 16.9 Å². The molecule has 0 bridgehead atoms. The molecule has 1 atom stereocenters. The van der Waals surface area contributed by atoms with Crippen LogP contribution in [0.1, 0.15) is 0 Å². The van der Waals surface area contributed by atoms with Gasteiger partial charge in [-0.25, -0.2) is 4.39 Å². The van der Waals surface area contributed by atoms with Crippen LogP contribution in [0, 0.1) is 5.82 Å². The molecule has 0 spiro atoms. The fourth-order valence-electron chi connectivity index (χ4n) is 1.50. The fraction of sp³-hybridized carbons (Fsp3) is 0.455. The number of nitrogens with one attached hydrogen (secondary N) is 1. The quantitative estimate of drug-likeness (QED) is 0.882.